The molecule has 3 atom stereocenters. The maximum Gasteiger partial charge on any atom is 0.328 e. The first-order valence-electron chi connectivity index (χ1n) is 9.26. The highest BCUT2D eigenvalue weighted by Gasteiger charge is 2.31. The van der Waals surface area contributed by atoms with Crippen molar-refractivity contribution < 1.29 is 14.3 Å². The lowest BCUT2D eigenvalue weighted by Gasteiger charge is -2.32. The fourth-order valence-corrected chi connectivity index (χ4v) is 3.50. The summed E-state index contributed by atoms with van der Waals surface area (Å²) in [6.45, 7) is 1.67. The van der Waals surface area contributed by atoms with Gasteiger partial charge in [-0.2, -0.15) is 0 Å². The molecule has 0 spiro atoms. The standard InChI is InChI=1S/C22H25NO3/c1-16(23-21(24)18-12-6-3-7-13-18)22(25)26-20-15-9-8-14-19(20)17-10-4-2-5-11-17/h2-7,10-13,16,19-20H,8-9,14-15H2,1H3,(H,23,24)/t16-,19-,20+/m0/s1. The van der Waals surface area contributed by atoms with Crippen LogP contribution in [0.2, 0.25) is 0 Å². The summed E-state index contributed by atoms with van der Waals surface area (Å²) in [5, 5.41) is 2.73. The SMILES string of the molecule is C[C@H](NC(=O)c1ccccc1)C(=O)O[C@@H]1CCCC[C@H]1c1ccccc1. The molecular formula is C22H25NO3. The van der Waals surface area contributed by atoms with Crippen LogP contribution in [0.4, 0.5) is 0 Å². The van der Waals surface area contributed by atoms with Gasteiger partial charge >= 0.3 is 5.97 Å². The van der Waals surface area contributed by atoms with Crippen LogP contribution in [0.15, 0.2) is 60.7 Å². The highest BCUT2D eigenvalue weighted by Crippen LogP contribution is 2.35. The number of benzene rings is 2. The van der Waals surface area contributed by atoms with Crippen molar-refractivity contribution in [1.29, 1.82) is 0 Å². The molecule has 4 heteroatoms. The Labute approximate surface area is 154 Å². The molecule has 0 bridgehead atoms. The molecule has 1 aliphatic rings. The molecular weight excluding hydrogens is 326 g/mol. The Hall–Kier alpha value is -2.62. The first kappa shape index (κ1) is 18.2. The molecule has 1 aliphatic carbocycles. The summed E-state index contributed by atoms with van der Waals surface area (Å²) in [5.41, 5.74) is 1.75. The van der Waals surface area contributed by atoms with Crippen molar-refractivity contribution in [3.63, 3.8) is 0 Å². The van der Waals surface area contributed by atoms with Gasteiger partial charge in [-0.1, -0.05) is 55.0 Å². The maximum absolute atomic E-state index is 12.5. The van der Waals surface area contributed by atoms with E-state index in [9.17, 15) is 9.59 Å². The second-order valence-electron chi connectivity index (χ2n) is 6.84. The molecule has 2 aromatic carbocycles. The largest absolute Gasteiger partial charge is 0.460 e. The van der Waals surface area contributed by atoms with Crippen molar-refractivity contribution in [2.75, 3.05) is 0 Å². The summed E-state index contributed by atoms with van der Waals surface area (Å²) in [6.07, 6.45) is 3.96. The van der Waals surface area contributed by atoms with Crippen molar-refractivity contribution >= 4 is 11.9 Å². The summed E-state index contributed by atoms with van der Waals surface area (Å²) >= 11 is 0. The Balaban J connectivity index is 1.61. The summed E-state index contributed by atoms with van der Waals surface area (Å²) in [4.78, 5) is 24.7. The molecule has 0 unspecified atom stereocenters. The first-order valence-corrected chi connectivity index (χ1v) is 9.26. The Bertz CT molecular complexity index is 730. The lowest BCUT2D eigenvalue weighted by Crippen LogP contribution is -2.42. The topological polar surface area (TPSA) is 55.4 Å². The number of hydrogen-bond donors (Lipinski definition) is 1. The zero-order valence-electron chi connectivity index (χ0n) is 15.1. The molecule has 0 radical (unpaired) electrons. The van der Waals surface area contributed by atoms with E-state index < -0.39 is 6.04 Å². The van der Waals surface area contributed by atoms with Crippen LogP contribution in [0.3, 0.4) is 0 Å². The second-order valence-corrected chi connectivity index (χ2v) is 6.84. The van der Waals surface area contributed by atoms with Crippen LogP contribution in [0, 0.1) is 0 Å². The van der Waals surface area contributed by atoms with Crippen molar-refractivity contribution in [2.24, 2.45) is 0 Å². The first-order chi connectivity index (χ1) is 12.6. The number of nitrogens with one attached hydrogen (secondary N) is 1. The summed E-state index contributed by atoms with van der Waals surface area (Å²) in [5.74, 6) is -0.411. The minimum absolute atomic E-state index is 0.130. The van der Waals surface area contributed by atoms with E-state index in [4.69, 9.17) is 4.74 Å². The number of amides is 1. The van der Waals surface area contributed by atoms with Gasteiger partial charge in [0, 0.05) is 11.5 Å². The van der Waals surface area contributed by atoms with E-state index in [1.165, 1.54) is 5.56 Å². The number of ether oxygens (including phenoxy) is 1. The van der Waals surface area contributed by atoms with Gasteiger partial charge in [0.25, 0.3) is 5.91 Å². The average molecular weight is 351 g/mol. The maximum atomic E-state index is 12.5. The van der Waals surface area contributed by atoms with Crippen LogP contribution in [0.5, 0.6) is 0 Å². The Morgan fingerprint density at radius 2 is 1.58 bits per heavy atom. The van der Waals surface area contributed by atoms with Crippen LogP contribution in [-0.4, -0.2) is 24.0 Å². The minimum atomic E-state index is -0.680. The molecule has 0 saturated heterocycles. The van der Waals surface area contributed by atoms with Crippen molar-refractivity contribution in [3.8, 4) is 0 Å². The van der Waals surface area contributed by atoms with Gasteiger partial charge in [-0.25, -0.2) is 4.79 Å². The Kier molecular flexibility index (Phi) is 6.05. The van der Waals surface area contributed by atoms with Crippen molar-refractivity contribution in [2.45, 2.75) is 50.7 Å². The molecule has 1 amide bonds. The lowest BCUT2D eigenvalue weighted by atomic mass is 9.81. The molecule has 1 N–H and O–H groups in total. The van der Waals surface area contributed by atoms with Gasteiger partial charge in [0.2, 0.25) is 0 Å². The number of hydrogen-bond acceptors (Lipinski definition) is 3. The fraction of sp³-hybridized carbons (Fsp3) is 0.364. The predicted molar refractivity (Wildman–Crippen MR) is 101 cm³/mol. The Morgan fingerprint density at radius 1 is 0.962 bits per heavy atom. The molecule has 0 heterocycles. The molecule has 136 valence electrons. The van der Waals surface area contributed by atoms with Crippen LogP contribution < -0.4 is 5.32 Å². The lowest BCUT2D eigenvalue weighted by molar-refractivity contribution is -0.153. The predicted octanol–water partition coefficient (Wildman–Crippen LogP) is 4.07. The average Bonchev–Trinajstić information content (AvgIpc) is 2.69. The number of carbonyl (C=O) groups is 2. The van der Waals surface area contributed by atoms with Gasteiger partial charge in [0.1, 0.15) is 12.1 Å². The monoisotopic (exact) mass is 351 g/mol. The third-order valence-electron chi connectivity index (χ3n) is 4.93. The summed E-state index contributed by atoms with van der Waals surface area (Å²) < 4.78 is 5.80. The Morgan fingerprint density at radius 3 is 2.27 bits per heavy atom. The van der Waals surface area contributed by atoms with Crippen molar-refractivity contribution in [3.05, 3.63) is 71.8 Å². The zero-order chi connectivity index (χ0) is 18.4. The molecule has 0 aliphatic heterocycles. The normalized spacial score (nSPS) is 20.8. The third-order valence-corrected chi connectivity index (χ3v) is 4.93. The van der Waals surface area contributed by atoms with E-state index in [1.54, 1.807) is 31.2 Å². The van der Waals surface area contributed by atoms with E-state index >= 15 is 0 Å². The fourth-order valence-electron chi connectivity index (χ4n) is 3.50. The summed E-state index contributed by atoms with van der Waals surface area (Å²) in [6, 6.07) is 18.4. The minimum Gasteiger partial charge on any atom is -0.460 e. The van der Waals surface area contributed by atoms with Gasteiger partial charge in [-0.05, 0) is 43.9 Å². The highest BCUT2D eigenvalue weighted by molar-refractivity contribution is 5.96. The van der Waals surface area contributed by atoms with Gasteiger partial charge in [-0.15, -0.1) is 0 Å². The molecule has 4 nitrogen and oxygen atoms in total. The number of carbonyl (C=O) groups excluding carboxylic acids is 2. The molecule has 1 saturated carbocycles. The molecule has 1 fully saturated rings. The van der Waals surface area contributed by atoms with Crippen LogP contribution in [-0.2, 0) is 9.53 Å². The van der Waals surface area contributed by atoms with E-state index in [0.717, 1.165) is 25.7 Å². The van der Waals surface area contributed by atoms with E-state index in [0.29, 0.717) is 5.56 Å². The van der Waals surface area contributed by atoms with E-state index in [2.05, 4.69) is 17.4 Å². The van der Waals surface area contributed by atoms with E-state index in [-0.39, 0.29) is 23.9 Å². The van der Waals surface area contributed by atoms with Gasteiger partial charge < -0.3 is 10.1 Å². The highest BCUT2D eigenvalue weighted by atomic mass is 16.5. The molecule has 3 rings (SSSR count). The quantitative estimate of drug-likeness (QED) is 0.826. The number of esters is 1. The van der Waals surface area contributed by atoms with E-state index in [1.807, 2.05) is 24.3 Å². The smallest absolute Gasteiger partial charge is 0.328 e. The molecule has 2 aromatic rings. The summed E-state index contributed by atoms with van der Waals surface area (Å²) in [7, 11) is 0. The van der Waals surface area contributed by atoms with Crippen LogP contribution in [0.25, 0.3) is 0 Å². The number of rotatable bonds is 5. The van der Waals surface area contributed by atoms with Gasteiger partial charge in [0.15, 0.2) is 0 Å². The van der Waals surface area contributed by atoms with Crippen LogP contribution in [0.1, 0.15) is 54.4 Å². The molecule has 26 heavy (non-hydrogen) atoms. The zero-order valence-corrected chi connectivity index (χ0v) is 15.1. The van der Waals surface area contributed by atoms with Gasteiger partial charge in [0.05, 0.1) is 0 Å². The van der Waals surface area contributed by atoms with Crippen molar-refractivity contribution in [1.82, 2.24) is 5.32 Å². The second kappa shape index (κ2) is 8.65. The van der Waals surface area contributed by atoms with Crippen LogP contribution >= 0.6 is 0 Å². The van der Waals surface area contributed by atoms with Gasteiger partial charge in [-0.3, -0.25) is 4.79 Å². The third kappa shape index (κ3) is 4.51. The molecule has 0 aromatic heterocycles.